The number of carboxylic acids is 1. The van der Waals surface area contributed by atoms with Crippen LogP contribution in [0.3, 0.4) is 0 Å². The Morgan fingerprint density at radius 2 is 2.20 bits per heavy atom. The van der Waals surface area contributed by atoms with Crippen LogP contribution in [-0.4, -0.2) is 41.2 Å². The summed E-state index contributed by atoms with van der Waals surface area (Å²) in [6, 6.07) is 0. The van der Waals surface area contributed by atoms with E-state index in [0.717, 1.165) is 5.01 Å². The van der Waals surface area contributed by atoms with Gasteiger partial charge in [-0.1, -0.05) is 13.8 Å². The zero-order valence-corrected chi connectivity index (χ0v) is 12.9. The summed E-state index contributed by atoms with van der Waals surface area (Å²) in [7, 11) is 1.46. The van der Waals surface area contributed by atoms with Crippen LogP contribution in [0.5, 0.6) is 0 Å². The van der Waals surface area contributed by atoms with Gasteiger partial charge in [-0.2, -0.15) is 0 Å². The third-order valence-corrected chi connectivity index (χ3v) is 3.81. The summed E-state index contributed by atoms with van der Waals surface area (Å²) in [6.07, 6.45) is -0.215. The van der Waals surface area contributed by atoms with Crippen molar-refractivity contribution in [3.63, 3.8) is 0 Å². The highest BCUT2D eigenvalue weighted by atomic mass is 32.1. The summed E-state index contributed by atoms with van der Waals surface area (Å²) < 4.78 is 4.99. The predicted molar refractivity (Wildman–Crippen MR) is 76.2 cm³/mol. The Morgan fingerprint density at radius 3 is 2.65 bits per heavy atom. The lowest BCUT2D eigenvalue weighted by molar-refractivity contribution is -0.139. The van der Waals surface area contributed by atoms with Gasteiger partial charge in [0.1, 0.15) is 5.69 Å². The molecule has 0 spiro atoms. The summed E-state index contributed by atoms with van der Waals surface area (Å²) in [4.78, 5) is 27.3. The fourth-order valence-corrected chi connectivity index (χ4v) is 2.59. The van der Waals surface area contributed by atoms with Crippen molar-refractivity contribution in [2.24, 2.45) is 0 Å². The van der Waals surface area contributed by atoms with Gasteiger partial charge >= 0.3 is 5.97 Å². The zero-order valence-electron chi connectivity index (χ0n) is 12.1. The first-order chi connectivity index (χ1) is 9.27. The van der Waals surface area contributed by atoms with Gasteiger partial charge in [-0.05, 0) is 6.92 Å². The van der Waals surface area contributed by atoms with Crippen molar-refractivity contribution >= 4 is 23.2 Å². The summed E-state index contributed by atoms with van der Waals surface area (Å²) in [5.41, 5.74) is -0.648. The third-order valence-electron chi connectivity index (χ3n) is 2.67. The van der Waals surface area contributed by atoms with E-state index in [4.69, 9.17) is 9.84 Å². The molecule has 2 N–H and O–H groups in total. The average molecular weight is 300 g/mol. The number of amides is 1. The fourth-order valence-electron chi connectivity index (χ4n) is 1.78. The Kier molecular flexibility index (Phi) is 5.64. The number of rotatable bonds is 7. The normalized spacial score (nSPS) is 14.1. The minimum Gasteiger partial charge on any atom is -0.481 e. The van der Waals surface area contributed by atoms with Crippen LogP contribution in [0.25, 0.3) is 0 Å². The highest BCUT2D eigenvalue weighted by molar-refractivity contribution is 7.09. The fraction of sp³-hybridized carbons (Fsp3) is 0.615. The van der Waals surface area contributed by atoms with Gasteiger partial charge in [-0.3, -0.25) is 9.59 Å². The lowest BCUT2D eigenvalue weighted by Crippen LogP contribution is -2.50. The van der Waals surface area contributed by atoms with Gasteiger partial charge in [-0.15, -0.1) is 11.3 Å². The quantitative estimate of drug-likeness (QED) is 0.802. The van der Waals surface area contributed by atoms with Crippen molar-refractivity contribution in [1.29, 1.82) is 0 Å². The van der Waals surface area contributed by atoms with E-state index >= 15 is 0 Å². The molecule has 20 heavy (non-hydrogen) atoms. The van der Waals surface area contributed by atoms with Crippen molar-refractivity contribution in [1.82, 2.24) is 10.3 Å². The Balaban J connectivity index is 2.81. The molecule has 7 heteroatoms. The van der Waals surface area contributed by atoms with Gasteiger partial charge in [-0.25, -0.2) is 4.98 Å². The Bertz CT molecular complexity index is 486. The van der Waals surface area contributed by atoms with Crippen molar-refractivity contribution in [3.8, 4) is 0 Å². The number of carboxylic acid groups (broad SMARTS) is 1. The topological polar surface area (TPSA) is 88.5 Å². The molecule has 1 aromatic heterocycles. The molecular formula is C13H20N2O4S. The van der Waals surface area contributed by atoms with Gasteiger partial charge in [0.15, 0.2) is 0 Å². The maximum Gasteiger partial charge on any atom is 0.305 e. The molecule has 1 aromatic rings. The van der Waals surface area contributed by atoms with E-state index in [2.05, 4.69) is 10.3 Å². The summed E-state index contributed by atoms with van der Waals surface area (Å²) in [5.74, 6) is -1.12. The van der Waals surface area contributed by atoms with E-state index in [-0.39, 0.29) is 24.9 Å². The number of nitrogens with one attached hydrogen (secondary N) is 1. The van der Waals surface area contributed by atoms with Crippen LogP contribution in [0, 0.1) is 0 Å². The molecule has 0 aliphatic carbocycles. The molecule has 0 saturated heterocycles. The minimum absolute atomic E-state index is 0.117. The van der Waals surface area contributed by atoms with E-state index in [1.807, 2.05) is 13.8 Å². The van der Waals surface area contributed by atoms with Crippen LogP contribution in [0.1, 0.15) is 48.6 Å². The van der Waals surface area contributed by atoms with E-state index < -0.39 is 11.5 Å². The Hall–Kier alpha value is -1.47. The SMILES string of the molecule is COCC(C)(CC(=O)O)NC(=O)c1csc(C(C)C)n1. The van der Waals surface area contributed by atoms with Crippen LogP contribution < -0.4 is 5.32 Å². The van der Waals surface area contributed by atoms with E-state index in [1.54, 1.807) is 12.3 Å². The van der Waals surface area contributed by atoms with Crippen molar-refractivity contribution in [2.75, 3.05) is 13.7 Å². The van der Waals surface area contributed by atoms with Gasteiger partial charge in [0.05, 0.1) is 23.6 Å². The molecule has 0 aliphatic heterocycles. The van der Waals surface area contributed by atoms with E-state index in [9.17, 15) is 9.59 Å². The van der Waals surface area contributed by atoms with Crippen molar-refractivity contribution < 1.29 is 19.4 Å². The van der Waals surface area contributed by atoms with Crippen LogP contribution in [-0.2, 0) is 9.53 Å². The standard InChI is InChI=1S/C13H20N2O4S/c1-8(2)12-14-9(6-20-12)11(18)15-13(3,7-19-4)5-10(16)17/h6,8H,5,7H2,1-4H3,(H,15,18)(H,16,17). The van der Waals surface area contributed by atoms with Gasteiger partial charge < -0.3 is 15.2 Å². The number of carbonyl (C=O) groups is 2. The van der Waals surface area contributed by atoms with Crippen LogP contribution in [0.15, 0.2) is 5.38 Å². The van der Waals surface area contributed by atoms with Crippen molar-refractivity contribution in [3.05, 3.63) is 16.1 Å². The Labute approximate surface area is 122 Å². The van der Waals surface area contributed by atoms with Crippen LogP contribution >= 0.6 is 11.3 Å². The monoisotopic (exact) mass is 300 g/mol. The molecule has 1 amide bonds. The van der Waals surface area contributed by atoms with E-state index in [0.29, 0.717) is 5.69 Å². The molecule has 0 radical (unpaired) electrons. The molecule has 112 valence electrons. The highest BCUT2D eigenvalue weighted by Gasteiger charge is 2.30. The smallest absolute Gasteiger partial charge is 0.305 e. The average Bonchev–Trinajstić information content (AvgIpc) is 2.76. The first-order valence-electron chi connectivity index (χ1n) is 6.26. The molecule has 1 unspecified atom stereocenters. The largest absolute Gasteiger partial charge is 0.481 e. The predicted octanol–water partition coefficient (Wildman–Crippen LogP) is 1.88. The van der Waals surface area contributed by atoms with Gasteiger partial charge in [0.2, 0.25) is 0 Å². The number of nitrogens with zero attached hydrogens (tertiary/aromatic N) is 1. The molecular weight excluding hydrogens is 280 g/mol. The number of ether oxygens (including phenoxy) is 1. The first-order valence-corrected chi connectivity index (χ1v) is 7.14. The molecule has 0 bridgehead atoms. The number of carbonyl (C=O) groups excluding carboxylic acids is 1. The molecule has 0 aromatic carbocycles. The number of thiazole rings is 1. The second kappa shape index (κ2) is 6.81. The molecule has 1 heterocycles. The maximum absolute atomic E-state index is 12.1. The summed E-state index contributed by atoms with van der Waals surface area (Å²) in [5, 5.41) is 14.2. The second-order valence-electron chi connectivity index (χ2n) is 5.24. The first kappa shape index (κ1) is 16.6. The second-order valence-corrected chi connectivity index (χ2v) is 6.13. The lowest BCUT2D eigenvalue weighted by Gasteiger charge is -2.28. The van der Waals surface area contributed by atoms with Gasteiger partial charge in [0.25, 0.3) is 5.91 Å². The zero-order chi connectivity index (χ0) is 15.3. The lowest BCUT2D eigenvalue weighted by atomic mass is 9.99. The molecule has 0 aliphatic rings. The molecule has 6 nitrogen and oxygen atoms in total. The van der Waals surface area contributed by atoms with Crippen molar-refractivity contribution in [2.45, 2.75) is 38.6 Å². The van der Waals surface area contributed by atoms with E-state index in [1.165, 1.54) is 18.4 Å². The number of hydrogen-bond donors (Lipinski definition) is 2. The third kappa shape index (κ3) is 4.57. The number of hydrogen-bond acceptors (Lipinski definition) is 5. The Morgan fingerprint density at radius 1 is 1.55 bits per heavy atom. The molecule has 1 atom stereocenters. The van der Waals surface area contributed by atoms with Crippen LogP contribution in [0.2, 0.25) is 0 Å². The summed E-state index contributed by atoms with van der Waals surface area (Å²) in [6.45, 7) is 5.75. The molecule has 0 saturated carbocycles. The number of methoxy groups -OCH3 is 1. The molecule has 0 fully saturated rings. The highest BCUT2D eigenvalue weighted by Crippen LogP contribution is 2.20. The number of aromatic nitrogens is 1. The summed E-state index contributed by atoms with van der Waals surface area (Å²) >= 11 is 1.42. The maximum atomic E-state index is 12.1. The number of aliphatic carboxylic acids is 1. The van der Waals surface area contributed by atoms with Gasteiger partial charge in [0, 0.05) is 18.4 Å². The minimum atomic E-state index is -0.994. The van der Waals surface area contributed by atoms with Crippen LogP contribution in [0.4, 0.5) is 0 Å². The molecule has 1 rings (SSSR count).